The molecular formula is C13H18Br2O. The number of benzene rings is 1. The van der Waals surface area contributed by atoms with Gasteiger partial charge in [0.1, 0.15) is 5.75 Å². The van der Waals surface area contributed by atoms with Crippen molar-refractivity contribution in [1.82, 2.24) is 0 Å². The highest BCUT2D eigenvalue weighted by Crippen LogP contribution is 2.37. The molecule has 90 valence electrons. The van der Waals surface area contributed by atoms with E-state index < -0.39 is 0 Å². The molecule has 0 radical (unpaired) electrons. The molecule has 0 saturated heterocycles. The third-order valence-corrected chi connectivity index (χ3v) is 3.65. The van der Waals surface area contributed by atoms with E-state index in [-0.39, 0.29) is 0 Å². The van der Waals surface area contributed by atoms with Crippen LogP contribution < -0.4 is 4.74 Å². The van der Waals surface area contributed by atoms with Crippen LogP contribution in [0.15, 0.2) is 22.7 Å². The van der Waals surface area contributed by atoms with Gasteiger partial charge in [-0.25, -0.2) is 0 Å². The molecule has 16 heavy (non-hydrogen) atoms. The number of ether oxygens (including phenoxy) is 1. The van der Waals surface area contributed by atoms with E-state index in [0.29, 0.717) is 17.4 Å². The van der Waals surface area contributed by atoms with Crippen LogP contribution in [-0.4, -0.2) is 6.61 Å². The number of alkyl halides is 1. The van der Waals surface area contributed by atoms with E-state index >= 15 is 0 Å². The van der Waals surface area contributed by atoms with Crippen molar-refractivity contribution in [2.24, 2.45) is 5.92 Å². The van der Waals surface area contributed by atoms with Gasteiger partial charge >= 0.3 is 0 Å². The molecular weight excluding hydrogens is 332 g/mol. The molecule has 3 heteroatoms. The Balaban J connectivity index is 2.94. The molecule has 1 rings (SSSR count). The van der Waals surface area contributed by atoms with Gasteiger partial charge in [-0.3, -0.25) is 0 Å². The lowest BCUT2D eigenvalue weighted by Gasteiger charge is -2.17. The fourth-order valence-electron chi connectivity index (χ4n) is 1.59. The Labute approximate surface area is 115 Å². The predicted octanol–water partition coefficient (Wildman–Crippen LogP) is 5.33. The van der Waals surface area contributed by atoms with E-state index in [2.05, 4.69) is 51.8 Å². The van der Waals surface area contributed by atoms with Crippen LogP contribution in [0, 0.1) is 5.92 Å². The molecule has 0 aromatic heterocycles. The smallest absolute Gasteiger partial charge is 0.123 e. The van der Waals surface area contributed by atoms with Gasteiger partial charge in [0, 0.05) is 14.9 Å². The van der Waals surface area contributed by atoms with Crippen LogP contribution >= 0.6 is 31.9 Å². The minimum Gasteiger partial charge on any atom is -0.494 e. The average molecular weight is 350 g/mol. The predicted molar refractivity (Wildman–Crippen MR) is 76.4 cm³/mol. The van der Waals surface area contributed by atoms with Crippen molar-refractivity contribution in [2.75, 3.05) is 6.61 Å². The van der Waals surface area contributed by atoms with E-state index in [1.807, 2.05) is 19.1 Å². The number of hydrogen-bond donors (Lipinski definition) is 0. The summed E-state index contributed by atoms with van der Waals surface area (Å²) in [5.41, 5.74) is 1.23. The Bertz CT molecular complexity index is 337. The first-order chi connectivity index (χ1) is 7.54. The van der Waals surface area contributed by atoms with E-state index in [4.69, 9.17) is 4.74 Å². The summed E-state index contributed by atoms with van der Waals surface area (Å²) in [4.78, 5) is 0.353. The van der Waals surface area contributed by atoms with Crippen molar-refractivity contribution in [1.29, 1.82) is 0 Å². The molecule has 0 N–H and O–H groups in total. The molecule has 1 atom stereocenters. The highest BCUT2D eigenvalue weighted by atomic mass is 79.9. The van der Waals surface area contributed by atoms with E-state index in [9.17, 15) is 0 Å². The first-order valence-electron chi connectivity index (χ1n) is 5.61. The molecule has 1 aromatic rings. The summed E-state index contributed by atoms with van der Waals surface area (Å²) in [6.07, 6.45) is 1.11. The second-order valence-corrected chi connectivity index (χ2v) is 6.23. The van der Waals surface area contributed by atoms with Crippen molar-refractivity contribution in [3.8, 4) is 5.75 Å². The Kier molecular flexibility index (Phi) is 5.84. The lowest BCUT2D eigenvalue weighted by atomic mass is 10.0. The number of hydrogen-bond acceptors (Lipinski definition) is 1. The zero-order chi connectivity index (χ0) is 12.1. The van der Waals surface area contributed by atoms with Crippen molar-refractivity contribution in [3.63, 3.8) is 0 Å². The molecule has 0 aliphatic heterocycles. The maximum Gasteiger partial charge on any atom is 0.123 e. The third kappa shape index (κ3) is 4.10. The summed E-state index contributed by atoms with van der Waals surface area (Å²) in [6, 6.07) is 6.17. The fourth-order valence-corrected chi connectivity index (χ4v) is 3.08. The lowest BCUT2D eigenvalue weighted by molar-refractivity contribution is 0.335. The van der Waals surface area contributed by atoms with Gasteiger partial charge in [0.25, 0.3) is 0 Å². The Morgan fingerprint density at radius 3 is 2.56 bits per heavy atom. The standard InChI is InChI=1S/C13H18Br2O/c1-4-16-13-6-5-10(14)8-11(13)12(15)7-9(2)3/h5-6,8-9,12H,4,7H2,1-3H3. The highest BCUT2D eigenvalue weighted by molar-refractivity contribution is 9.10. The zero-order valence-electron chi connectivity index (χ0n) is 9.97. The van der Waals surface area contributed by atoms with Crippen molar-refractivity contribution >= 4 is 31.9 Å². The molecule has 0 fully saturated rings. The monoisotopic (exact) mass is 348 g/mol. The molecule has 0 spiro atoms. The first-order valence-corrected chi connectivity index (χ1v) is 7.31. The largest absolute Gasteiger partial charge is 0.494 e. The first kappa shape index (κ1) is 14.0. The van der Waals surface area contributed by atoms with Crippen LogP contribution in [0.4, 0.5) is 0 Å². The second-order valence-electron chi connectivity index (χ2n) is 4.21. The molecule has 1 unspecified atom stereocenters. The maximum absolute atomic E-state index is 5.64. The highest BCUT2D eigenvalue weighted by Gasteiger charge is 2.15. The van der Waals surface area contributed by atoms with Crippen molar-refractivity contribution in [3.05, 3.63) is 28.2 Å². The van der Waals surface area contributed by atoms with Gasteiger partial charge in [-0.1, -0.05) is 45.7 Å². The summed E-state index contributed by atoms with van der Waals surface area (Å²) in [7, 11) is 0. The van der Waals surface area contributed by atoms with Crippen LogP contribution in [-0.2, 0) is 0 Å². The van der Waals surface area contributed by atoms with Gasteiger partial charge in [-0.2, -0.15) is 0 Å². The van der Waals surface area contributed by atoms with Crippen LogP contribution in [0.2, 0.25) is 0 Å². The second kappa shape index (κ2) is 6.65. The number of halogens is 2. The summed E-state index contributed by atoms with van der Waals surface area (Å²) in [6.45, 7) is 7.17. The van der Waals surface area contributed by atoms with Gasteiger partial charge in [-0.05, 0) is 37.5 Å². The third-order valence-electron chi connectivity index (χ3n) is 2.29. The van der Waals surface area contributed by atoms with Crippen LogP contribution in [0.3, 0.4) is 0 Å². The fraction of sp³-hybridized carbons (Fsp3) is 0.538. The maximum atomic E-state index is 5.64. The topological polar surface area (TPSA) is 9.23 Å². The van der Waals surface area contributed by atoms with E-state index in [0.717, 1.165) is 16.6 Å². The van der Waals surface area contributed by atoms with Gasteiger partial charge in [-0.15, -0.1) is 0 Å². The summed E-state index contributed by atoms with van der Waals surface area (Å²) < 4.78 is 6.74. The summed E-state index contributed by atoms with van der Waals surface area (Å²) in [5.74, 6) is 1.64. The van der Waals surface area contributed by atoms with Gasteiger partial charge in [0.2, 0.25) is 0 Å². The SMILES string of the molecule is CCOc1ccc(Br)cc1C(Br)CC(C)C. The van der Waals surface area contributed by atoms with E-state index in [1.165, 1.54) is 5.56 Å². The van der Waals surface area contributed by atoms with Crippen LogP contribution in [0.25, 0.3) is 0 Å². The molecule has 0 saturated carbocycles. The molecule has 0 aliphatic carbocycles. The minimum atomic E-state index is 0.353. The van der Waals surface area contributed by atoms with Crippen molar-refractivity contribution in [2.45, 2.75) is 32.0 Å². The molecule has 0 amide bonds. The molecule has 0 bridgehead atoms. The van der Waals surface area contributed by atoms with Crippen LogP contribution in [0.5, 0.6) is 5.75 Å². The Hall–Kier alpha value is -0.0200. The van der Waals surface area contributed by atoms with Gasteiger partial charge < -0.3 is 4.74 Å². The molecule has 1 aromatic carbocycles. The van der Waals surface area contributed by atoms with Crippen molar-refractivity contribution < 1.29 is 4.74 Å². The normalized spacial score (nSPS) is 12.9. The quantitative estimate of drug-likeness (QED) is 0.653. The zero-order valence-corrected chi connectivity index (χ0v) is 13.1. The minimum absolute atomic E-state index is 0.353. The number of rotatable bonds is 5. The average Bonchev–Trinajstić information content (AvgIpc) is 2.20. The van der Waals surface area contributed by atoms with Gasteiger partial charge in [0.15, 0.2) is 0 Å². The molecule has 0 aliphatic rings. The Morgan fingerprint density at radius 2 is 2.00 bits per heavy atom. The van der Waals surface area contributed by atoms with Gasteiger partial charge in [0.05, 0.1) is 6.61 Å². The van der Waals surface area contributed by atoms with E-state index in [1.54, 1.807) is 0 Å². The summed E-state index contributed by atoms with van der Waals surface area (Å²) in [5, 5.41) is 0. The molecule has 0 heterocycles. The van der Waals surface area contributed by atoms with Crippen LogP contribution in [0.1, 0.15) is 37.6 Å². The molecule has 1 nitrogen and oxygen atoms in total. The summed E-state index contributed by atoms with van der Waals surface area (Å²) >= 11 is 7.25. The lowest BCUT2D eigenvalue weighted by Crippen LogP contribution is -2.01. The Morgan fingerprint density at radius 1 is 1.31 bits per heavy atom.